The molecule has 1 N–H and O–H groups in total. The molecule has 0 bridgehead atoms. The van der Waals surface area contributed by atoms with Crippen molar-refractivity contribution in [3.05, 3.63) is 35.4 Å². The zero-order valence-electron chi connectivity index (χ0n) is 11.2. The average Bonchev–Trinajstić information content (AvgIpc) is 2.69. The van der Waals surface area contributed by atoms with E-state index in [0.29, 0.717) is 12.3 Å². The van der Waals surface area contributed by atoms with Gasteiger partial charge in [0.25, 0.3) is 6.43 Å². The molecule has 0 aromatic heterocycles. The van der Waals surface area contributed by atoms with Gasteiger partial charge in [0.1, 0.15) is 0 Å². The molecule has 2 unspecified atom stereocenters. The standard InChI is InChI=1S/C15H19F2NO/c1-9(2)6-13-12(8-14(19)18-13)10-4-3-5-11(7-10)15(16)17/h3-5,7,9,12-13,15H,6,8H2,1-2H3,(H,18,19). The van der Waals surface area contributed by atoms with Crippen LogP contribution in [-0.4, -0.2) is 11.9 Å². The molecule has 1 aliphatic rings. The molecule has 4 heteroatoms. The maximum absolute atomic E-state index is 12.7. The summed E-state index contributed by atoms with van der Waals surface area (Å²) >= 11 is 0. The quantitative estimate of drug-likeness (QED) is 0.886. The van der Waals surface area contributed by atoms with E-state index in [-0.39, 0.29) is 23.4 Å². The van der Waals surface area contributed by atoms with Crippen molar-refractivity contribution in [2.45, 2.75) is 45.1 Å². The minimum atomic E-state index is -2.46. The Kier molecular flexibility index (Phi) is 4.17. The summed E-state index contributed by atoms with van der Waals surface area (Å²) in [7, 11) is 0. The Morgan fingerprint density at radius 1 is 1.37 bits per heavy atom. The van der Waals surface area contributed by atoms with E-state index < -0.39 is 6.43 Å². The van der Waals surface area contributed by atoms with Crippen molar-refractivity contribution in [2.75, 3.05) is 0 Å². The van der Waals surface area contributed by atoms with E-state index >= 15 is 0 Å². The number of amides is 1. The van der Waals surface area contributed by atoms with Crippen LogP contribution >= 0.6 is 0 Å². The summed E-state index contributed by atoms with van der Waals surface area (Å²) in [6, 6.07) is 6.50. The maximum Gasteiger partial charge on any atom is 0.263 e. The lowest BCUT2D eigenvalue weighted by atomic mass is 9.87. The van der Waals surface area contributed by atoms with Crippen LogP contribution in [0.3, 0.4) is 0 Å². The highest BCUT2D eigenvalue weighted by atomic mass is 19.3. The summed E-state index contributed by atoms with van der Waals surface area (Å²) in [5, 5.41) is 2.96. The predicted molar refractivity (Wildman–Crippen MR) is 70.1 cm³/mol. The fraction of sp³-hybridized carbons (Fsp3) is 0.533. The van der Waals surface area contributed by atoms with Gasteiger partial charge in [-0.05, 0) is 24.0 Å². The summed E-state index contributed by atoms with van der Waals surface area (Å²) in [6.07, 6.45) is -1.20. The Morgan fingerprint density at radius 3 is 2.74 bits per heavy atom. The van der Waals surface area contributed by atoms with Crippen molar-refractivity contribution in [3.8, 4) is 0 Å². The van der Waals surface area contributed by atoms with Crippen molar-refractivity contribution < 1.29 is 13.6 Å². The van der Waals surface area contributed by atoms with Crippen LogP contribution in [0, 0.1) is 5.92 Å². The summed E-state index contributed by atoms with van der Waals surface area (Å²) in [5.74, 6) is 0.482. The lowest BCUT2D eigenvalue weighted by Crippen LogP contribution is -2.29. The highest BCUT2D eigenvalue weighted by Gasteiger charge is 2.33. The van der Waals surface area contributed by atoms with Gasteiger partial charge in [-0.2, -0.15) is 0 Å². The summed E-state index contributed by atoms with van der Waals surface area (Å²) in [5.41, 5.74) is 0.863. The van der Waals surface area contributed by atoms with E-state index in [2.05, 4.69) is 19.2 Å². The molecule has 19 heavy (non-hydrogen) atoms. The number of hydrogen-bond donors (Lipinski definition) is 1. The topological polar surface area (TPSA) is 29.1 Å². The van der Waals surface area contributed by atoms with Gasteiger partial charge in [0, 0.05) is 23.9 Å². The molecule has 0 spiro atoms. The Balaban J connectivity index is 2.23. The Morgan fingerprint density at radius 2 is 2.11 bits per heavy atom. The van der Waals surface area contributed by atoms with Crippen LogP contribution in [-0.2, 0) is 4.79 Å². The van der Waals surface area contributed by atoms with Crippen LogP contribution < -0.4 is 5.32 Å². The first-order valence-corrected chi connectivity index (χ1v) is 6.64. The van der Waals surface area contributed by atoms with E-state index in [4.69, 9.17) is 0 Å². The van der Waals surface area contributed by atoms with Gasteiger partial charge in [0.2, 0.25) is 5.91 Å². The molecular formula is C15H19F2NO. The molecule has 1 saturated heterocycles. The average molecular weight is 267 g/mol. The summed E-state index contributed by atoms with van der Waals surface area (Å²) in [4.78, 5) is 11.6. The number of hydrogen-bond acceptors (Lipinski definition) is 1. The van der Waals surface area contributed by atoms with Gasteiger partial charge in [-0.25, -0.2) is 8.78 Å². The van der Waals surface area contributed by atoms with Gasteiger partial charge in [-0.15, -0.1) is 0 Å². The molecule has 1 aliphatic heterocycles. The second kappa shape index (κ2) is 5.68. The van der Waals surface area contributed by atoms with E-state index in [1.807, 2.05) is 6.07 Å². The highest BCUT2D eigenvalue weighted by molar-refractivity contribution is 5.80. The molecule has 1 aromatic carbocycles. The Hall–Kier alpha value is -1.45. The second-order valence-corrected chi connectivity index (χ2v) is 5.58. The van der Waals surface area contributed by atoms with Crippen molar-refractivity contribution in [2.24, 2.45) is 5.92 Å². The number of benzene rings is 1. The smallest absolute Gasteiger partial charge is 0.263 e. The zero-order valence-corrected chi connectivity index (χ0v) is 11.2. The Bertz CT molecular complexity index is 459. The van der Waals surface area contributed by atoms with Crippen LogP contribution in [0.25, 0.3) is 0 Å². The number of rotatable bonds is 4. The van der Waals surface area contributed by atoms with Gasteiger partial charge in [-0.1, -0.05) is 32.0 Å². The molecule has 104 valence electrons. The molecule has 2 rings (SSSR count). The molecule has 0 aliphatic carbocycles. The first kappa shape index (κ1) is 14.0. The van der Waals surface area contributed by atoms with Crippen LogP contribution in [0.1, 0.15) is 50.2 Å². The fourth-order valence-electron chi connectivity index (χ4n) is 2.71. The minimum absolute atomic E-state index is 0.00796. The zero-order chi connectivity index (χ0) is 14.0. The van der Waals surface area contributed by atoms with E-state index in [9.17, 15) is 13.6 Å². The molecule has 1 aromatic rings. The van der Waals surface area contributed by atoms with Gasteiger partial charge in [0.15, 0.2) is 0 Å². The molecule has 1 heterocycles. The van der Waals surface area contributed by atoms with E-state index in [1.54, 1.807) is 6.07 Å². The summed E-state index contributed by atoms with van der Waals surface area (Å²) in [6.45, 7) is 4.19. The molecule has 2 nitrogen and oxygen atoms in total. The largest absolute Gasteiger partial charge is 0.353 e. The maximum atomic E-state index is 12.7. The molecule has 1 fully saturated rings. The third-order valence-electron chi connectivity index (χ3n) is 3.55. The third-order valence-corrected chi connectivity index (χ3v) is 3.55. The van der Waals surface area contributed by atoms with Crippen LogP contribution in [0.4, 0.5) is 8.78 Å². The Labute approximate surface area is 112 Å². The number of carbonyl (C=O) groups is 1. The van der Waals surface area contributed by atoms with Crippen LogP contribution in [0.2, 0.25) is 0 Å². The van der Waals surface area contributed by atoms with Crippen LogP contribution in [0.15, 0.2) is 24.3 Å². The molecular weight excluding hydrogens is 248 g/mol. The number of nitrogens with one attached hydrogen (secondary N) is 1. The molecule has 1 amide bonds. The lowest BCUT2D eigenvalue weighted by Gasteiger charge is -2.21. The third kappa shape index (κ3) is 3.31. The van der Waals surface area contributed by atoms with Crippen LogP contribution in [0.5, 0.6) is 0 Å². The first-order chi connectivity index (χ1) is 8.97. The monoisotopic (exact) mass is 267 g/mol. The lowest BCUT2D eigenvalue weighted by molar-refractivity contribution is -0.119. The predicted octanol–water partition coefficient (Wildman–Crippen LogP) is 3.64. The molecule has 0 saturated carbocycles. The van der Waals surface area contributed by atoms with Crippen molar-refractivity contribution in [1.29, 1.82) is 0 Å². The number of halogens is 2. The second-order valence-electron chi connectivity index (χ2n) is 5.58. The van der Waals surface area contributed by atoms with E-state index in [0.717, 1.165) is 12.0 Å². The number of carbonyl (C=O) groups excluding carboxylic acids is 1. The first-order valence-electron chi connectivity index (χ1n) is 6.64. The number of alkyl halides is 2. The minimum Gasteiger partial charge on any atom is -0.353 e. The SMILES string of the molecule is CC(C)CC1NC(=O)CC1c1cccc(C(F)F)c1. The van der Waals surface area contributed by atoms with Crippen molar-refractivity contribution >= 4 is 5.91 Å². The van der Waals surface area contributed by atoms with Gasteiger partial charge < -0.3 is 5.32 Å². The fourth-order valence-corrected chi connectivity index (χ4v) is 2.71. The normalized spacial score (nSPS) is 23.2. The van der Waals surface area contributed by atoms with Gasteiger partial charge in [0.05, 0.1) is 0 Å². The highest BCUT2D eigenvalue weighted by Crippen LogP contribution is 2.33. The van der Waals surface area contributed by atoms with Gasteiger partial charge in [-0.3, -0.25) is 4.79 Å². The van der Waals surface area contributed by atoms with Crippen molar-refractivity contribution in [1.82, 2.24) is 5.32 Å². The summed E-state index contributed by atoms with van der Waals surface area (Å²) < 4.78 is 25.5. The van der Waals surface area contributed by atoms with Gasteiger partial charge >= 0.3 is 0 Å². The van der Waals surface area contributed by atoms with Crippen molar-refractivity contribution in [3.63, 3.8) is 0 Å². The molecule has 2 atom stereocenters. The molecule has 0 radical (unpaired) electrons. The van der Waals surface area contributed by atoms with E-state index in [1.165, 1.54) is 12.1 Å².